The van der Waals surface area contributed by atoms with E-state index in [9.17, 15) is 9.90 Å². The summed E-state index contributed by atoms with van der Waals surface area (Å²) >= 11 is 6.37. The van der Waals surface area contributed by atoms with Gasteiger partial charge in [-0.15, -0.1) is 6.58 Å². The standard InChI is InChI=1S/C30H32ClN7O2/c1-3-19-12-14-21(15-13-19)18-38-25-24(22-10-7-11-23(31)16-22)33-28(26(32)34-30(39)40)35-27(25)36-29(38)37(2)17-20-8-5-4-6-9-20/h3-11,16,19,21H,1,12-15,17-18H2,2H3,(H2,32,34)(H,39,40). The number of rotatable bonds is 8. The number of halogens is 1. The van der Waals surface area contributed by atoms with E-state index in [1.807, 2.05) is 37.4 Å². The van der Waals surface area contributed by atoms with Crippen molar-refractivity contribution in [3.05, 3.63) is 83.7 Å². The van der Waals surface area contributed by atoms with Crippen LogP contribution in [0, 0.1) is 17.2 Å². The predicted octanol–water partition coefficient (Wildman–Crippen LogP) is 6.37. The minimum atomic E-state index is -1.36. The van der Waals surface area contributed by atoms with Gasteiger partial charge < -0.3 is 14.6 Å². The van der Waals surface area contributed by atoms with Gasteiger partial charge in [0.1, 0.15) is 11.2 Å². The number of amides is 1. The molecule has 0 spiro atoms. The second-order valence-electron chi connectivity index (χ2n) is 10.3. The van der Waals surface area contributed by atoms with Crippen molar-refractivity contribution in [3.8, 4) is 11.3 Å². The first-order valence-corrected chi connectivity index (χ1v) is 13.7. The number of carbonyl (C=O) groups is 1. The normalized spacial score (nSPS) is 16.9. The fraction of sp³-hybridized carbons (Fsp3) is 0.300. The molecule has 9 nitrogen and oxygen atoms in total. The summed E-state index contributed by atoms with van der Waals surface area (Å²) in [6.45, 7) is 5.35. The molecule has 2 aromatic carbocycles. The topological polar surface area (TPSA) is 120 Å². The van der Waals surface area contributed by atoms with Gasteiger partial charge in [-0.2, -0.15) is 4.98 Å². The van der Waals surface area contributed by atoms with Gasteiger partial charge in [-0.25, -0.2) is 14.8 Å². The first-order valence-electron chi connectivity index (χ1n) is 13.3. The van der Waals surface area contributed by atoms with Gasteiger partial charge in [0.15, 0.2) is 17.3 Å². The Morgan fingerprint density at radius 2 is 1.90 bits per heavy atom. The fourth-order valence-electron chi connectivity index (χ4n) is 5.39. The minimum Gasteiger partial charge on any atom is -0.465 e. The van der Waals surface area contributed by atoms with Crippen molar-refractivity contribution in [3.63, 3.8) is 0 Å². The Balaban J connectivity index is 1.67. The number of fused-ring (bicyclic) bond motifs is 1. The van der Waals surface area contributed by atoms with Gasteiger partial charge in [0.25, 0.3) is 0 Å². The molecule has 0 bridgehead atoms. The minimum absolute atomic E-state index is 0.0571. The van der Waals surface area contributed by atoms with Crippen LogP contribution >= 0.6 is 11.6 Å². The number of hydrogen-bond acceptors (Lipinski definition) is 6. The summed E-state index contributed by atoms with van der Waals surface area (Å²) in [6.07, 6.45) is 5.08. The Morgan fingerprint density at radius 3 is 2.58 bits per heavy atom. The van der Waals surface area contributed by atoms with E-state index in [1.165, 1.54) is 0 Å². The smallest absolute Gasteiger partial charge is 0.410 e. The summed E-state index contributed by atoms with van der Waals surface area (Å²) in [5, 5.41) is 20.1. The predicted molar refractivity (Wildman–Crippen MR) is 158 cm³/mol. The summed E-state index contributed by atoms with van der Waals surface area (Å²) in [7, 11) is 2.00. The molecular formula is C30H32ClN7O2. The van der Waals surface area contributed by atoms with Crippen molar-refractivity contribution in [2.45, 2.75) is 38.8 Å². The van der Waals surface area contributed by atoms with Crippen molar-refractivity contribution in [2.75, 3.05) is 11.9 Å². The number of nitrogens with one attached hydrogen (secondary N) is 2. The third-order valence-corrected chi connectivity index (χ3v) is 7.64. The molecule has 0 aliphatic heterocycles. The van der Waals surface area contributed by atoms with E-state index in [4.69, 9.17) is 22.0 Å². The summed E-state index contributed by atoms with van der Waals surface area (Å²) in [4.78, 5) is 27.6. The highest BCUT2D eigenvalue weighted by molar-refractivity contribution is 6.30. The Morgan fingerprint density at radius 1 is 1.15 bits per heavy atom. The summed E-state index contributed by atoms with van der Waals surface area (Å²) in [5.74, 6) is 1.25. The van der Waals surface area contributed by atoms with Gasteiger partial charge >= 0.3 is 6.09 Å². The molecule has 206 valence electrons. The van der Waals surface area contributed by atoms with Crippen molar-refractivity contribution in [1.29, 1.82) is 5.41 Å². The molecule has 0 radical (unpaired) electrons. The number of hydrogen-bond donors (Lipinski definition) is 3. The molecule has 2 aromatic heterocycles. The molecule has 3 N–H and O–H groups in total. The van der Waals surface area contributed by atoms with Crippen LogP contribution in [0.1, 0.15) is 37.1 Å². The van der Waals surface area contributed by atoms with E-state index in [1.54, 1.807) is 12.1 Å². The molecule has 40 heavy (non-hydrogen) atoms. The van der Waals surface area contributed by atoms with Gasteiger partial charge in [0.2, 0.25) is 5.95 Å². The van der Waals surface area contributed by atoms with Gasteiger partial charge in [0.05, 0.1) is 0 Å². The third-order valence-electron chi connectivity index (χ3n) is 7.41. The maximum Gasteiger partial charge on any atom is 0.410 e. The Labute approximate surface area is 238 Å². The zero-order chi connectivity index (χ0) is 28.2. The first kappa shape index (κ1) is 27.3. The van der Waals surface area contributed by atoms with Gasteiger partial charge in [-0.05, 0) is 55.2 Å². The van der Waals surface area contributed by atoms with Crippen LogP contribution < -0.4 is 10.2 Å². The molecule has 1 aliphatic carbocycles. The lowest BCUT2D eigenvalue weighted by molar-refractivity contribution is 0.200. The van der Waals surface area contributed by atoms with Crippen LogP contribution in [0.2, 0.25) is 5.02 Å². The average molecular weight is 558 g/mol. The highest BCUT2D eigenvalue weighted by atomic mass is 35.5. The Hall–Kier alpha value is -4.24. The number of amidine groups is 1. The second-order valence-corrected chi connectivity index (χ2v) is 10.7. The highest BCUT2D eigenvalue weighted by Crippen LogP contribution is 2.36. The van der Waals surface area contributed by atoms with Gasteiger partial charge in [-0.3, -0.25) is 10.7 Å². The molecule has 1 amide bonds. The Bertz CT molecular complexity index is 1540. The molecule has 0 unspecified atom stereocenters. The van der Waals surface area contributed by atoms with E-state index in [2.05, 4.69) is 49.5 Å². The van der Waals surface area contributed by atoms with Crippen LogP contribution in [0.25, 0.3) is 22.4 Å². The molecular weight excluding hydrogens is 526 g/mol. The van der Waals surface area contributed by atoms with Crippen LogP contribution in [-0.2, 0) is 13.1 Å². The van der Waals surface area contributed by atoms with Crippen LogP contribution in [0.4, 0.5) is 10.7 Å². The number of aromatic nitrogens is 4. The molecule has 5 rings (SSSR count). The van der Waals surface area contributed by atoms with Crippen molar-refractivity contribution >= 4 is 40.6 Å². The van der Waals surface area contributed by atoms with Crippen molar-refractivity contribution in [1.82, 2.24) is 24.8 Å². The van der Waals surface area contributed by atoms with Crippen LogP contribution in [-0.4, -0.2) is 43.6 Å². The number of imidazole rings is 1. The fourth-order valence-corrected chi connectivity index (χ4v) is 5.58. The summed E-state index contributed by atoms with van der Waals surface area (Å²) in [6, 6.07) is 17.5. The molecule has 10 heteroatoms. The lowest BCUT2D eigenvalue weighted by atomic mass is 9.82. The van der Waals surface area contributed by atoms with Gasteiger partial charge in [-0.1, -0.05) is 60.1 Å². The zero-order valence-corrected chi connectivity index (χ0v) is 23.1. The number of anilines is 1. The number of nitrogens with zero attached hydrogens (tertiary/aromatic N) is 5. The lowest BCUT2D eigenvalue weighted by Crippen LogP contribution is -2.30. The number of benzene rings is 2. The molecule has 1 saturated carbocycles. The molecule has 2 heterocycles. The van der Waals surface area contributed by atoms with Crippen LogP contribution in [0.15, 0.2) is 67.3 Å². The average Bonchev–Trinajstić information content (AvgIpc) is 3.31. The SMILES string of the molecule is C=CC1CCC(Cn2c(N(C)Cc3ccccc3)nc3nc(C(=N)NC(=O)O)nc(-c4cccc(Cl)c4)c32)CC1. The molecule has 4 aromatic rings. The molecule has 0 atom stereocenters. The van der Waals surface area contributed by atoms with Gasteiger partial charge in [0, 0.05) is 30.7 Å². The molecule has 1 fully saturated rings. The third kappa shape index (κ3) is 5.99. The van der Waals surface area contributed by atoms with Crippen molar-refractivity contribution in [2.24, 2.45) is 11.8 Å². The molecule has 1 aliphatic rings. The zero-order valence-electron chi connectivity index (χ0n) is 22.3. The quantitative estimate of drug-likeness (QED) is 0.131. The van der Waals surface area contributed by atoms with Crippen LogP contribution in [0.5, 0.6) is 0 Å². The monoisotopic (exact) mass is 557 g/mol. The van der Waals surface area contributed by atoms with E-state index >= 15 is 0 Å². The summed E-state index contributed by atoms with van der Waals surface area (Å²) < 4.78 is 2.19. The maximum absolute atomic E-state index is 11.3. The van der Waals surface area contributed by atoms with Crippen molar-refractivity contribution < 1.29 is 9.90 Å². The van der Waals surface area contributed by atoms with E-state index in [-0.39, 0.29) is 5.82 Å². The van der Waals surface area contributed by atoms with Crippen LogP contribution in [0.3, 0.4) is 0 Å². The number of allylic oxidation sites excluding steroid dienone is 1. The first-order chi connectivity index (χ1) is 19.3. The maximum atomic E-state index is 11.3. The largest absolute Gasteiger partial charge is 0.465 e. The van der Waals surface area contributed by atoms with E-state index in [0.717, 1.165) is 54.8 Å². The van der Waals surface area contributed by atoms with E-state index in [0.29, 0.717) is 34.7 Å². The lowest BCUT2D eigenvalue weighted by Gasteiger charge is -2.29. The highest BCUT2D eigenvalue weighted by Gasteiger charge is 2.27. The number of carboxylic acid groups (broad SMARTS) is 1. The second kappa shape index (κ2) is 11.9. The Kier molecular flexibility index (Phi) is 8.11. The molecule has 0 saturated heterocycles. The van der Waals surface area contributed by atoms with E-state index < -0.39 is 11.9 Å². The summed E-state index contributed by atoms with van der Waals surface area (Å²) in [5.41, 5.74) is 3.55.